The number of amides is 3. The molecule has 2 aromatic carbocycles. The van der Waals surface area contributed by atoms with E-state index < -0.39 is 11.9 Å². The molecule has 0 radical (unpaired) electrons. The molecule has 1 atom stereocenters. The van der Waals surface area contributed by atoms with E-state index in [9.17, 15) is 14.4 Å². The first-order valence-corrected chi connectivity index (χ1v) is 7.53. The van der Waals surface area contributed by atoms with Crippen LogP contribution in [0.2, 0.25) is 0 Å². The van der Waals surface area contributed by atoms with Crippen LogP contribution in [0.1, 0.15) is 28.8 Å². The van der Waals surface area contributed by atoms with Crippen LogP contribution in [0.5, 0.6) is 0 Å². The number of carbonyl (C=O) groups excluding carboxylic acids is 3. The van der Waals surface area contributed by atoms with Gasteiger partial charge in [0.05, 0.1) is 11.3 Å². The highest BCUT2D eigenvalue weighted by molar-refractivity contribution is 6.27. The Hall–Kier alpha value is -2.44. The fraction of sp³-hybridized carbons (Fsp3) is 0.235. The quantitative estimate of drug-likeness (QED) is 0.806. The summed E-state index contributed by atoms with van der Waals surface area (Å²) in [5.41, 5.74) is 7.89. The standard InChI is InChI=1S/C17H15N3O3.ClH/c18-8-9-6-10-2-1-3-12-15(10)11(7-9)17(23)20(12)13-4-5-14(21)19-16(13)22;/h1-3,6-7,13H,4-5,8,18H2,(H,19,21,22);1H. The van der Waals surface area contributed by atoms with Gasteiger partial charge in [-0.15, -0.1) is 12.4 Å². The Morgan fingerprint density at radius 1 is 1.21 bits per heavy atom. The van der Waals surface area contributed by atoms with Crippen molar-refractivity contribution in [1.29, 1.82) is 0 Å². The van der Waals surface area contributed by atoms with Crippen LogP contribution in [-0.2, 0) is 16.1 Å². The third kappa shape index (κ3) is 2.26. The van der Waals surface area contributed by atoms with E-state index in [1.165, 1.54) is 4.90 Å². The Morgan fingerprint density at radius 3 is 2.71 bits per heavy atom. The molecule has 3 amide bonds. The number of carbonyl (C=O) groups is 3. The minimum Gasteiger partial charge on any atom is -0.326 e. The smallest absolute Gasteiger partial charge is 0.259 e. The summed E-state index contributed by atoms with van der Waals surface area (Å²) in [5, 5.41) is 4.10. The van der Waals surface area contributed by atoms with Crippen molar-refractivity contribution < 1.29 is 14.4 Å². The third-order valence-corrected chi connectivity index (χ3v) is 4.48. The first-order valence-electron chi connectivity index (χ1n) is 7.53. The maximum absolute atomic E-state index is 12.9. The maximum atomic E-state index is 12.9. The zero-order valence-electron chi connectivity index (χ0n) is 12.7. The number of nitrogens with one attached hydrogen (secondary N) is 1. The topological polar surface area (TPSA) is 92.5 Å². The molecule has 7 heteroatoms. The fourth-order valence-corrected chi connectivity index (χ4v) is 3.43. The van der Waals surface area contributed by atoms with E-state index in [1.54, 1.807) is 6.07 Å². The first kappa shape index (κ1) is 16.4. The third-order valence-electron chi connectivity index (χ3n) is 4.48. The Balaban J connectivity index is 0.00000169. The molecule has 2 heterocycles. The summed E-state index contributed by atoms with van der Waals surface area (Å²) in [5.74, 6) is -0.918. The minimum atomic E-state index is -0.653. The van der Waals surface area contributed by atoms with Gasteiger partial charge >= 0.3 is 0 Å². The molecule has 2 aliphatic rings. The fourth-order valence-electron chi connectivity index (χ4n) is 3.43. The number of anilines is 1. The molecule has 124 valence electrons. The summed E-state index contributed by atoms with van der Waals surface area (Å²) < 4.78 is 0. The number of halogens is 1. The molecule has 6 nitrogen and oxygen atoms in total. The van der Waals surface area contributed by atoms with Gasteiger partial charge in [-0.1, -0.05) is 12.1 Å². The van der Waals surface area contributed by atoms with Crippen molar-refractivity contribution >= 4 is 46.6 Å². The summed E-state index contributed by atoms with van der Waals surface area (Å²) in [6, 6.07) is 8.73. The predicted octanol–water partition coefficient (Wildman–Crippen LogP) is 1.49. The second-order valence-corrected chi connectivity index (χ2v) is 5.86. The number of hydrogen-bond donors (Lipinski definition) is 2. The van der Waals surface area contributed by atoms with E-state index in [0.29, 0.717) is 18.5 Å². The summed E-state index contributed by atoms with van der Waals surface area (Å²) in [6.07, 6.45) is 0.574. The van der Waals surface area contributed by atoms with Crippen molar-refractivity contribution in [2.24, 2.45) is 5.73 Å². The summed E-state index contributed by atoms with van der Waals surface area (Å²) in [4.78, 5) is 37.9. The van der Waals surface area contributed by atoms with Crippen LogP contribution in [0.25, 0.3) is 10.8 Å². The number of nitrogens with zero attached hydrogens (tertiary/aromatic N) is 1. The van der Waals surface area contributed by atoms with Crippen LogP contribution < -0.4 is 16.0 Å². The molecular weight excluding hydrogens is 330 g/mol. The van der Waals surface area contributed by atoms with Crippen molar-refractivity contribution in [2.45, 2.75) is 25.4 Å². The lowest BCUT2D eigenvalue weighted by atomic mass is 10.0. The van der Waals surface area contributed by atoms with Crippen molar-refractivity contribution in [3.8, 4) is 0 Å². The largest absolute Gasteiger partial charge is 0.326 e. The number of nitrogens with two attached hydrogens (primary N) is 1. The molecular formula is C17H16ClN3O3. The van der Waals surface area contributed by atoms with Gasteiger partial charge in [0, 0.05) is 18.4 Å². The summed E-state index contributed by atoms with van der Waals surface area (Å²) >= 11 is 0. The first-order chi connectivity index (χ1) is 11.1. The molecule has 0 aliphatic carbocycles. The minimum absolute atomic E-state index is 0. The van der Waals surface area contributed by atoms with Gasteiger partial charge in [-0.2, -0.15) is 0 Å². The van der Waals surface area contributed by atoms with Gasteiger partial charge in [0.15, 0.2) is 0 Å². The molecule has 1 saturated heterocycles. The predicted molar refractivity (Wildman–Crippen MR) is 92.1 cm³/mol. The van der Waals surface area contributed by atoms with Crippen molar-refractivity contribution in [2.75, 3.05) is 4.90 Å². The maximum Gasteiger partial charge on any atom is 0.259 e. The lowest BCUT2D eigenvalue weighted by molar-refractivity contribution is -0.134. The molecule has 0 saturated carbocycles. The van der Waals surface area contributed by atoms with E-state index in [4.69, 9.17) is 5.73 Å². The van der Waals surface area contributed by atoms with E-state index in [-0.39, 0.29) is 30.6 Å². The molecule has 0 spiro atoms. The SMILES string of the molecule is Cl.NCc1cc2c3c(cccc3c1)N(C1CCC(=O)NC1=O)C2=O. The Kier molecular flexibility index (Phi) is 4.03. The van der Waals surface area contributed by atoms with Gasteiger partial charge in [0.2, 0.25) is 11.8 Å². The van der Waals surface area contributed by atoms with E-state index in [0.717, 1.165) is 22.0 Å². The van der Waals surface area contributed by atoms with Crippen LogP contribution in [0, 0.1) is 0 Å². The molecule has 1 fully saturated rings. The van der Waals surface area contributed by atoms with Crippen molar-refractivity contribution in [3.63, 3.8) is 0 Å². The van der Waals surface area contributed by atoms with Crippen LogP contribution in [0.4, 0.5) is 5.69 Å². The zero-order chi connectivity index (χ0) is 16.1. The zero-order valence-corrected chi connectivity index (χ0v) is 13.6. The van der Waals surface area contributed by atoms with E-state index in [2.05, 4.69) is 5.32 Å². The number of imide groups is 1. The monoisotopic (exact) mass is 345 g/mol. The lowest BCUT2D eigenvalue weighted by Crippen LogP contribution is -2.53. The van der Waals surface area contributed by atoms with Crippen molar-refractivity contribution in [1.82, 2.24) is 5.32 Å². The molecule has 4 rings (SSSR count). The molecule has 1 unspecified atom stereocenters. The second kappa shape index (κ2) is 5.89. The molecule has 0 aromatic heterocycles. The summed E-state index contributed by atoms with van der Waals surface area (Å²) in [7, 11) is 0. The highest BCUT2D eigenvalue weighted by Crippen LogP contribution is 2.40. The number of piperidine rings is 1. The number of benzene rings is 2. The van der Waals surface area contributed by atoms with Crippen LogP contribution in [0.15, 0.2) is 30.3 Å². The highest BCUT2D eigenvalue weighted by atomic mass is 35.5. The van der Waals surface area contributed by atoms with E-state index in [1.807, 2.05) is 24.3 Å². The van der Waals surface area contributed by atoms with Gasteiger partial charge in [0.25, 0.3) is 5.91 Å². The van der Waals surface area contributed by atoms with Gasteiger partial charge in [-0.3, -0.25) is 24.6 Å². The van der Waals surface area contributed by atoms with Crippen LogP contribution in [0.3, 0.4) is 0 Å². The van der Waals surface area contributed by atoms with E-state index >= 15 is 0 Å². The Labute approximate surface area is 144 Å². The average Bonchev–Trinajstić information content (AvgIpc) is 2.82. The lowest BCUT2D eigenvalue weighted by Gasteiger charge is -2.30. The van der Waals surface area contributed by atoms with Crippen molar-refractivity contribution in [3.05, 3.63) is 41.5 Å². The Morgan fingerprint density at radius 2 is 2.00 bits per heavy atom. The molecule has 2 aliphatic heterocycles. The Bertz CT molecular complexity index is 881. The number of hydrogen-bond acceptors (Lipinski definition) is 4. The molecule has 3 N–H and O–H groups in total. The van der Waals surface area contributed by atoms with Gasteiger partial charge in [-0.05, 0) is 35.6 Å². The van der Waals surface area contributed by atoms with Gasteiger partial charge in [0.1, 0.15) is 6.04 Å². The highest BCUT2D eigenvalue weighted by Gasteiger charge is 2.40. The van der Waals surface area contributed by atoms with Gasteiger partial charge in [-0.25, -0.2) is 0 Å². The second-order valence-electron chi connectivity index (χ2n) is 5.86. The average molecular weight is 346 g/mol. The summed E-state index contributed by atoms with van der Waals surface area (Å²) in [6.45, 7) is 0.346. The van der Waals surface area contributed by atoms with Crippen LogP contribution in [-0.4, -0.2) is 23.8 Å². The van der Waals surface area contributed by atoms with Gasteiger partial charge < -0.3 is 5.73 Å². The van der Waals surface area contributed by atoms with Crippen LogP contribution >= 0.6 is 12.4 Å². The molecule has 0 bridgehead atoms. The molecule has 24 heavy (non-hydrogen) atoms. The normalized spacial score (nSPS) is 19.5. The molecule has 2 aromatic rings. The number of rotatable bonds is 2.